The van der Waals surface area contributed by atoms with Gasteiger partial charge < -0.3 is 0 Å². The van der Waals surface area contributed by atoms with E-state index in [9.17, 15) is 0 Å². The van der Waals surface area contributed by atoms with Gasteiger partial charge in [0.2, 0.25) is 5.69 Å². The van der Waals surface area contributed by atoms with Gasteiger partial charge in [0.05, 0.1) is 10.9 Å². The summed E-state index contributed by atoms with van der Waals surface area (Å²) in [6, 6.07) is 13.4. The fraction of sp³-hybridized carbons (Fsp3) is 0.105. The van der Waals surface area contributed by atoms with Crippen molar-refractivity contribution in [1.82, 2.24) is 0 Å². The van der Waals surface area contributed by atoms with Crippen molar-refractivity contribution in [3.05, 3.63) is 53.5 Å². The number of hydrogen-bond donors (Lipinski definition) is 0. The first kappa shape index (κ1) is 12.7. The summed E-state index contributed by atoms with van der Waals surface area (Å²) in [5.74, 6) is 0. The predicted molar refractivity (Wildman–Crippen MR) is 94.8 cm³/mol. The van der Waals surface area contributed by atoms with Crippen LogP contribution in [0.4, 0.5) is 0 Å². The summed E-state index contributed by atoms with van der Waals surface area (Å²) in [7, 11) is 2.16. The molecule has 0 aliphatic carbocycles. The Balaban J connectivity index is 2.04. The van der Waals surface area contributed by atoms with Crippen LogP contribution in [0.1, 0.15) is 5.56 Å². The van der Waals surface area contributed by atoms with Gasteiger partial charge in [-0.3, -0.25) is 0 Å². The van der Waals surface area contributed by atoms with Crippen LogP contribution in [0.2, 0.25) is 0 Å². The summed E-state index contributed by atoms with van der Waals surface area (Å²) in [4.78, 5) is 2.75. The lowest BCUT2D eigenvalue weighted by Gasteiger charge is -2.20. The first-order chi connectivity index (χ1) is 10.7. The second-order valence-corrected chi connectivity index (χ2v) is 7.84. The van der Waals surface area contributed by atoms with E-state index in [-0.39, 0.29) is 0 Å². The number of fused-ring (bicyclic) bond motifs is 3. The van der Waals surface area contributed by atoms with Crippen molar-refractivity contribution in [3.8, 4) is 11.3 Å². The fourth-order valence-corrected chi connectivity index (χ4v) is 5.70. The van der Waals surface area contributed by atoms with Crippen molar-refractivity contribution in [1.29, 1.82) is 0 Å². The van der Waals surface area contributed by atoms with Crippen LogP contribution in [0.5, 0.6) is 0 Å². The molecule has 0 atom stereocenters. The maximum absolute atomic E-state index is 2.36. The summed E-state index contributed by atoms with van der Waals surface area (Å²) in [6.07, 6.45) is 2.18. The van der Waals surface area contributed by atoms with E-state index >= 15 is 0 Å². The molecule has 1 aliphatic heterocycles. The highest BCUT2D eigenvalue weighted by atomic mass is 32.2. The van der Waals surface area contributed by atoms with E-state index in [2.05, 4.69) is 66.5 Å². The third-order valence-electron chi connectivity index (χ3n) is 4.57. The number of thiophene rings is 1. The van der Waals surface area contributed by atoms with Crippen LogP contribution in [0, 0.1) is 6.92 Å². The molecular weight excluding hydrogens is 306 g/mol. The zero-order valence-corrected chi connectivity index (χ0v) is 14.0. The molecule has 106 valence electrons. The minimum absolute atomic E-state index is 1.33. The van der Waals surface area contributed by atoms with Crippen LogP contribution >= 0.6 is 23.1 Å². The zero-order chi connectivity index (χ0) is 14.8. The lowest BCUT2D eigenvalue weighted by molar-refractivity contribution is -0.659. The average Bonchev–Trinajstić information content (AvgIpc) is 2.99. The SMILES string of the molecule is Cc1c2c(cc3sccc13)Sc1cccc3cc[n+](C)c-2c13. The topological polar surface area (TPSA) is 3.88 Å². The molecule has 0 unspecified atom stereocenters. The molecule has 1 aliphatic rings. The van der Waals surface area contributed by atoms with Crippen molar-refractivity contribution in [2.24, 2.45) is 7.05 Å². The largest absolute Gasteiger partial charge is 0.222 e. The highest BCUT2D eigenvalue weighted by Gasteiger charge is 2.28. The maximum Gasteiger partial charge on any atom is 0.222 e. The Kier molecular flexibility index (Phi) is 2.50. The number of rotatable bonds is 0. The standard InChI is InChI=1S/C19H14NS2/c1-11-13-7-9-21-15(13)10-16-17(11)19-18-12(6-8-20(19)2)4-3-5-14(18)22-16/h3-10H,1-2H3/q+1. The van der Waals surface area contributed by atoms with Gasteiger partial charge in [-0.05, 0) is 46.8 Å². The second-order valence-electron chi connectivity index (χ2n) is 5.80. The monoisotopic (exact) mass is 320 g/mol. The average molecular weight is 320 g/mol. The molecule has 3 heterocycles. The van der Waals surface area contributed by atoms with Crippen molar-refractivity contribution in [2.45, 2.75) is 16.7 Å². The molecule has 2 aromatic heterocycles. The number of pyridine rings is 1. The smallest absolute Gasteiger partial charge is 0.200 e. The van der Waals surface area contributed by atoms with Crippen molar-refractivity contribution >= 4 is 44.0 Å². The first-order valence-corrected chi connectivity index (χ1v) is 9.04. The summed E-state index contributed by atoms with van der Waals surface area (Å²) in [5, 5.41) is 6.30. The second kappa shape index (κ2) is 4.34. The molecule has 0 radical (unpaired) electrons. The van der Waals surface area contributed by atoms with Crippen LogP contribution in [0.25, 0.3) is 32.1 Å². The molecule has 22 heavy (non-hydrogen) atoms. The molecule has 0 amide bonds. The van der Waals surface area contributed by atoms with E-state index < -0.39 is 0 Å². The Labute approximate surface area is 137 Å². The van der Waals surface area contributed by atoms with Crippen LogP contribution in [0.3, 0.4) is 0 Å². The Morgan fingerprint density at radius 1 is 1.05 bits per heavy atom. The third-order valence-corrected chi connectivity index (χ3v) is 6.53. The van der Waals surface area contributed by atoms with E-state index in [0.717, 1.165) is 0 Å². The molecule has 4 aromatic rings. The van der Waals surface area contributed by atoms with Gasteiger partial charge in [-0.2, -0.15) is 0 Å². The number of aryl methyl sites for hydroxylation is 2. The van der Waals surface area contributed by atoms with Gasteiger partial charge in [0, 0.05) is 20.6 Å². The Bertz CT molecular complexity index is 1080. The van der Waals surface area contributed by atoms with E-state index in [1.807, 2.05) is 23.1 Å². The Morgan fingerprint density at radius 3 is 2.86 bits per heavy atom. The van der Waals surface area contributed by atoms with E-state index in [1.165, 1.54) is 47.5 Å². The predicted octanol–water partition coefficient (Wildman–Crippen LogP) is 5.32. The van der Waals surface area contributed by atoms with Gasteiger partial charge in [0.25, 0.3) is 0 Å². The van der Waals surface area contributed by atoms with Crippen molar-refractivity contribution in [3.63, 3.8) is 0 Å². The zero-order valence-electron chi connectivity index (χ0n) is 12.4. The Morgan fingerprint density at radius 2 is 1.95 bits per heavy atom. The lowest BCUT2D eigenvalue weighted by atomic mass is 9.97. The van der Waals surface area contributed by atoms with Crippen molar-refractivity contribution < 1.29 is 4.57 Å². The summed E-state index contributed by atoms with van der Waals surface area (Å²) in [5.41, 5.74) is 4.16. The molecular formula is C19H14NS2+. The first-order valence-electron chi connectivity index (χ1n) is 7.34. The van der Waals surface area contributed by atoms with Gasteiger partial charge >= 0.3 is 0 Å². The summed E-state index contributed by atoms with van der Waals surface area (Å²) >= 11 is 3.74. The van der Waals surface area contributed by atoms with E-state index in [0.29, 0.717) is 0 Å². The van der Waals surface area contributed by atoms with Crippen molar-refractivity contribution in [2.75, 3.05) is 0 Å². The maximum atomic E-state index is 2.36. The van der Waals surface area contributed by atoms with Crippen LogP contribution in [-0.4, -0.2) is 0 Å². The molecule has 0 bridgehead atoms. The fourth-order valence-electron chi connectivity index (χ4n) is 3.52. The van der Waals surface area contributed by atoms with Crippen LogP contribution in [-0.2, 0) is 7.05 Å². The van der Waals surface area contributed by atoms with Crippen LogP contribution < -0.4 is 4.57 Å². The highest BCUT2D eigenvalue weighted by molar-refractivity contribution is 7.99. The van der Waals surface area contributed by atoms with Gasteiger partial charge in [-0.15, -0.1) is 11.3 Å². The van der Waals surface area contributed by atoms with Gasteiger partial charge in [0.1, 0.15) is 7.05 Å². The molecule has 1 nitrogen and oxygen atoms in total. The summed E-state index contributed by atoms with van der Waals surface area (Å²) < 4.78 is 3.66. The van der Waals surface area contributed by atoms with E-state index in [1.54, 1.807) is 0 Å². The molecule has 0 N–H and O–H groups in total. The summed E-state index contributed by atoms with van der Waals surface area (Å²) in [6.45, 7) is 2.27. The minimum Gasteiger partial charge on any atom is -0.200 e. The van der Waals surface area contributed by atoms with Crippen LogP contribution in [0.15, 0.2) is 57.8 Å². The lowest BCUT2D eigenvalue weighted by Crippen LogP contribution is -2.31. The molecule has 5 rings (SSSR count). The molecule has 3 heteroatoms. The molecule has 0 saturated carbocycles. The molecule has 0 fully saturated rings. The highest BCUT2D eigenvalue weighted by Crippen LogP contribution is 2.49. The quantitative estimate of drug-likeness (QED) is 0.349. The normalized spacial score (nSPS) is 12.8. The molecule has 2 aromatic carbocycles. The number of benzene rings is 2. The molecule has 0 saturated heterocycles. The molecule has 0 spiro atoms. The number of aromatic nitrogens is 1. The number of nitrogens with zero attached hydrogens (tertiary/aromatic N) is 1. The third kappa shape index (κ3) is 1.53. The Hall–Kier alpha value is -1.84. The van der Waals surface area contributed by atoms with Gasteiger partial charge in [-0.1, -0.05) is 23.9 Å². The number of hydrogen-bond acceptors (Lipinski definition) is 2. The van der Waals surface area contributed by atoms with Gasteiger partial charge in [0.15, 0.2) is 6.20 Å². The van der Waals surface area contributed by atoms with Gasteiger partial charge in [-0.25, -0.2) is 4.57 Å². The minimum atomic E-state index is 1.33. The van der Waals surface area contributed by atoms with E-state index in [4.69, 9.17) is 0 Å².